The Morgan fingerprint density at radius 1 is 1.37 bits per heavy atom. The van der Waals surface area contributed by atoms with Crippen LogP contribution < -0.4 is 10.6 Å². The number of rotatable bonds is 8. The molecule has 1 aliphatic heterocycles. The van der Waals surface area contributed by atoms with Gasteiger partial charge in [0.05, 0.1) is 0 Å². The molecule has 112 valence electrons. The van der Waals surface area contributed by atoms with Crippen molar-refractivity contribution in [3.8, 4) is 0 Å². The Kier molecular flexibility index (Phi) is 8.11. The molecule has 3 nitrogen and oxygen atoms in total. The van der Waals surface area contributed by atoms with E-state index >= 15 is 0 Å². The average Bonchev–Trinajstić information content (AvgIpc) is 2.39. The van der Waals surface area contributed by atoms with E-state index in [0.29, 0.717) is 24.3 Å². The van der Waals surface area contributed by atoms with E-state index in [9.17, 15) is 4.79 Å². The standard InChI is InChI=1S/C16H32N2O/c1-4-5-6-8-14(3)18-16(19)11-13(2)15-9-7-10-17-12-15/h13-15,17H,4-12H2,1-3H3,(H,18,19). The van der Waals surface area contributed by atoms with Crippen molar-refractivity contribution >= 4 is 5.91 Å². The normalized spacial score (nSPS) is 22.8. The van der Waals surface area contributed by atoms with Gasteiger partial charge in [-0.15, -0.1) is 0 Å². The number of hydrogen-bond acceptors (Lipinski definition) is 2. The maximum Gasteiger partial charge on any atom is 0.220 e. The van der Waals surface area contributed by atoms with Crippen molar-refractivity contribution in [3.05, 3.63) is 0 Å². The third-order valence-corrected chi connectivity index (χ3v) is 4.30. The van der Waals surface area contributed by atoms with Crippen molar-refractivity contribution in [2.75, 3.05) is 13.1 Å². The largest absolute Gasteiger partial charge is 0.354 e. The van der Waals surface area contributed by atoms with Crippen molar-refractivity contribution in [1.29, 1.82) is 0 Å². The zero-order chi connectivity index (χ0) is 14.1. The number of hydrogen-bond donors (Lipinski definition) is 2. The first-order valence-corrected chi connectivity index (χ1v) is 8.13. The molecule has 0 spiro atoms. The van der Waals surface area contributed by atoms with E-state index in [1.54, 1.807) is 0 Å². The Hall–Kier alpha value is -0.570. The fraction of sp³-hybridized carbons (Fsp3) is 0.938. The summed E-state index contributed by atoms with van der Waals surface area (Å²) in [7, 11) is 0. The molecule has 0 aromatic heterocycles. The fourth-order valence-electron chi connectivity index (χ4n) is 2.93. The predicted molar refractivity (Wildman–Crippen MR) is 81.1 cm³/mol. The highest BCUT2D eigenvalue weighted by molar-refractivity contribution is 5.76. The molecule has 0 saturated carbocycles. The van der Waals surface area contributed by atoms with Gasteiger partial charge in [0, 0.05) is 12.5 Å². The smallest absolute Gasteiger partial charge is 0.220 e. The molecule has 3 unspecified atom stereocenters. The van der Waals surface area contributed by atoms with Crippen LogP contribution in [0.15, 0.2) is 0 Å². The summed E-state index contributed by atoms with van der Waals surface area (Å²) in [6.45, 7) is 8.78. The summed E-state index contributed by atoms with van der Waals surface area (Å²) in [6, 6.07) is 0.329. The molecule has 2 N–H and O–H groups in total. The van der Waals surface area contributed by atoms with Gasteiger partial charge >= 0.3 is 0 Å². The lowest BCUT2D eigenvalue weighted by atomic mass is 9.85. The van der Waals surface area contributed by atoms with Crippen LogP contribution in [0.2, 0.25) is 0 Å². The third kappa shape index (κ3) is 6.95. The van der Waals surface area contributed by atoms with E-state index in [0.717, 1.165) is 19.5 Å². The number of carbonyl (C=O) groups is 1. The van der Waals surface area contributed by atoms with Crippen LogP contribution in [0, 0.1) is 11.8 Å². The maximum absolute atomic E-state index is 12.0. The van der Waals surface area contributed by atoms with E-state index in [2.05, 4.69) is 31.4 Å². The summed E-state index contributed by atoms with van der Waals surface area (Å²) in [5, 5.41) is 6.58. The lowest BCUT2D eigenvalue weighted by Gasteiger charge is -2.28. The monoisotopic (exact) mass is 268 g/mol. The summed E-state index contributed by atoms with van der Waals surface area (Å²) in [4.78, 5) is 12.0. The van der Waals surface area contributed by atoms with Gasteiger partial charge in [-0.2, -0.15) is 0 Å². The molecule has 1 amide bonds. The Bertz CT molecular complexity index is 249. The molecule has 0 bridgehead atoms. The Morgan fingerprint density at radius 3 is 2.79 bits per heavy atom. The molecule has 0 aromatic carbocycles. The summed E-state index contributed by atoms with van der Waals surface area (Å²) < 4.78 is 0. The molecule has 3 atom stereocenters. The number of piperidine rings is 1. The molecule has 0 radical (unpaired) electrons. The second kappa shape index (κ2) is 9.35. The second-order valence-electron chi connectivity index (χ2n) is 6.25. The lowest BCUT2D eigenvalue weighted by molar-refractivity contribution is -0.123. The van der Waals surface area contributed by atoms with Crippen LogP contribution >= 0.6 is 0 Å². The highest BCUT2D eigenvalue weighted by Crippen LogP contribution is 2.22. The summed E-state index contributed by atoms with van der Waals surface area (Å²) in [5.74, 6) is 1.41. The quantitative estimate of drug-likeness (QED) is 0.664. The predicted octanol–water partition coefficient (Wildman–Crippen LogP) is 3.10. The topological polar surface area (TPSA) is 41.1 Å². The van der Waals surface area contributed by atoms with Gasteiger partial charge in [0.15, 0.2) is 0 Å². The van der Waals surface area contributed by atoms with Crippen LogP contribution in [0.4, 0.5) is 0 Å². The maximum atomic E-state index is 12.0. The van der Waals surface area contributed by atoms with Gasteiger partial charge in [-0.25, -0.2) is 0 Å². The highest BCUT2D eigenvalue weighted by Gasteiger charge is 2.22. The molecule has 1 aliphatic rings. The van der Waals surface area contributed by atoms with Crippen LogP contribution in [0.5, 0.6) is 0 Å². The molecule has 1 rings (SSSR count). The first kappa shape index (κ1) is 16.5. The average molecular weight is 268 g/mol. The van der Waals surface area contributed by atoms with Gasteiger partial charge in [0.1, 0.15) is 0 Å². The summed E-state index contributed by atoms with van der Waals surface area (Å²) >= 11 is 0. The van der Waals surface area contributed by atoms with Gasteiger partial charge in [0.2, 0.25) is 5.91 Å². The minimum atomic E-state index is 0.238. The number of amides is 1. The lowest BCUT2D eigenvalue weighted by Crippen LogP contribution is -2.37. The van der Waals surface area contributed by atoms with E-state index in [4.69, 9.17) is 0 Å². The fourth-order valence-corrected chi connectivity index (χ4v) is 2.93. The number of unbranched alkanes of at least 4 members (excludes halogenated alkanes) is 2. The zero-order valence-electron chi connectivity index (χ0n) is 13.0. The molecule has 1 fully saturated rings. The van der Waals surface area contributed by atoms with Crippen LogP contribution in [0.1, 0.15) is 65.7 Å². The van der Waals surface area contributed by atoms with Crippen molar-refractivity contribution in [1.82, 2.24) is 10.6 Å². The van der Waals surface area contributed by atoms with Crippen LogP contribution in [0.25, 0.3) is 0 Å². The van der Waals surface area contributed by atoms with Crippen molar-refractivity contribution < 1.29 is 4.79 Å². The molecule has 3 heteroatoms. The Labute approximate surface area is 118 Å². The Balaban J connectivity index is 2.18. The Morgan fingerprint density at radius 2 is 2.16 bits per heavy atom. The first-order valence-electron chi connectivity index (χ1n) is 8.13. The zero-order valence-corrected chi connectivity index (χ0v) is 13.0. The highest BCUT2D eigenvalue weighted by atomic mass is 16.1. The van der Waals surface area contributed by atoms with E-state index < -0.39 is 0 Å². The third-order valence-electron chi connectivity index (χ3n) is 4.30. The summed E-state index contributed by atoms with van der Waals surface area (Å²) in [6.07, 6.45) is 8.05. The SMILES string of the molecule is CCCCCC(C)NC(=O)CC(C)C1CCCNC1. The van der Waals surface area contributed by atoms with Gasteiger partial charge < -0.3 is 10.6 Å². The molecular weight excluding hydrogens is 236 g/mol. The molecular formula is C16H32N2O. The van der Waals surface area contributed by atoms with Crippen molar-refractivity contribution in [2.45, 2.75) is 71.8 Å². The number of carbonyl (C=O) groups excluding carboxylic acids is 1. The van der Waals surface area contributed by atoms with Gasteiger partial charge in [0.25, 0.3) is 0 Å². The van der Waals surface area contributed by atoms with Crippen LogP contribution in [0.3, 0.4) is 0 Å². The van der Waals surface area contributed by atoms with E-state index in [1.165, 1.54) is 32.1 Å². The van der Waals surface area contributed by atoms with E-state index in [1.807, 2.05) is 0 Å². The first-order chi connectivity index (χ1) is 9.13. The minimum absolute atomic E-state index is 0.238. The van der Waals surface area contributed by atoms with Gasteiger partial charge in [-0.05, 0) is 51.1 Å². The molecule has 0 aliphatic carbocycles. The van der Waals surface area contributed by atoms with Gasteiger partial charge in [-0.3, -0.25) is 4.79 Å². The molecule has 19 heavy (non-hydrogen) atoms. The molecule has 1 heterocycles. The van der Waals surface area contributed by atoms with E-state index in [-0.39, 0.29) is 5.91 Å². The molecule has 1 saturated heterocycles. The van der Waals surface area contributed by atoms with Crippen molar-refractivity contribution in [3.63, 3.8) is 0 Å². The summed E-state index contributed by atoms with van der Waals surface area (Å²) in [5.41, 5.74) is 0. The second-order valence-corrected chi connectivity index (χ2v) is 6.25. The van der Waals surface area contributed by atoms with Crippen LogP contribution in [-0.2, 0) is 4.79 Å². The van der Waals surface area contributed by atoms with Gasteiger partial charge in [-0.1, -0.05) is 33.1 Å². The number of nitrogens with one attached hydrogen (secondary N) is 2. The van der Waals surface area contributed by atoms with Crippen molar-refractivity contribution in [2.24, 2.45) is 11.8 Å². The minimum Gasteiger partial charge on any atom is -0.354 e. The van der Waals surface area contributed by atoms with Crippen LogP contribution in [-0.4, -0.2) is 25.0 Å². The molecule has 0 aromatic rings.